The lowest BCUT2D eigenvalue weighted by atomic mass is 9.79. The van der Waals surface area contributed by atoms with Crippen LogP contribution in [0.15, 0.2) is 121 Å². The van der Waals surface area contributed by atoms with Gasteiger partial charge in [-0.2, -0.15) is 0 Å². The minimum absolute atomic E-state index is 0.158. The average Bonchev–Trinajstić information content (AvgIpc) is 3.88. The first-order valence-electron chi connectivity index (χ1n) is 19.6. The smallest absolute Gasteiger partial charge is 0.134 e. The molecule has 0 aliphatic heterocycles. The number of nitrogens with zero attached hydrogens (tertiary/aromatic N) is 2. The van der Waals surface area contributed by atoms with E-state index in [0.717, 1.165) is 82.5 Å². The zero-order chi connectivity index (χ0) is 39.4. The standard InChI is InChI=1S/C51H44N4O2/c1-50(2,3)33-24-35-39-19-21-43(52-39)45(32-14-11-28-9-7-8-10-31(28)23-32)44-22-20-40(53-44)36-25-34(51(4,5)6)27-38(49(36)57)42-18-16-30-13-12-29-15-17-41(37(26-33)48(35)56)54-46(29)47(30)55-42/h7-26,52-53,56-57H,27H2,1-6H3. The summed E-state index contributed by atoms with van der Waals surface area (Å²) in [4.78, 5) is 18.0. The lowest BCUT2D eigenvalue weighted by Gasteiger charge is -2.27. The van der Waals surface area contributed by atoms with Gasteiger partial charge in [0.1, 0.15) is 11.5 Å². The number of benzene rings is 4. The van der Waals surface area contributed by atoms with Gasteiger partial charge in [-0.05, 0) is 99.8 Å². The highest BCUT2D eigenvalue weighted by Gasteiger charge is 2.25. The summed E-state index contributed by atoms with van der Waals surface area (Å²) in [7, 11) is 0. The molecule has 10 rings (SSSR count). The molecule has 6 nitrogen and oxygen atoms in total. The molecule has 0 saturated carbocycles. The third-order valence-corrected chi connectivity index (χ3v) is 11.8. The quantitative estimate of drug-likeness (QED) is 0.126. The molecule has 1 aliphatic rings. The number of hydrogen-bond acceptors (Lipinski definition) is 4. The van der Waals surface area contributed by atoms with Crippen LogP contribution < -0.4 is 0 Å². The second-order valence-corrected chi connectivity index (χ2v) is 17.6. The van der Waals surface area contributed by atoms with Crippen LogP contribution in [0.4, 0.5) is 0 Å². The summed E-state index contributed by atoms with van der Waals surface area (Å²) in [5.74, 6) is 0.366. The second kappa shape index (κ2) is 12.4. The van der Waals surface area contributed by atoms with Crippen LogP contribution in [0.25, 0.3) is 93.7 Å². The normalized spacial score (nSPS) is 13.3. The Hall–Kier alpha value is -6.66. The van der Waals surface area contributed by atoms with Gasteiger partial charge in [0, 0.05) is 60.3 Å². The van der Waals surface area contributed by atoms with E-state index in [1.165, 1.54) is 5.57 Å². The zero-order valence-electron chi connectivity index (χ0n) is 33.0. The van der Waals surface area contributed by atoms with Gasteiger partial charge < -0.3 is 20.2 Å². The fourth-order valence-corrected chi connectivity index (χ4v) is 8.38. The molecule has 280 valence electrons. The maximum absolute atomic E-state index is 12.3. The number of pyridine rings is 2. The SMILES string of the molecule is CC(C)(C)C1=Cc2c(O)c(c3ccc4ccc5ccc(nc5c4n3)c3cc(C(C)(C)C)cc(c3O)c3ccc([nH]3)c(-c3ccc4ccccc4c3)c3ccc2[nH]3)C1. The number of aromatic nitrogens is 4. The van der Waals surface area contributed by atoms with Gasteiger partial charge in [0.2, 0.25) is 0 Å². The maximum Gasteiger partial charge on any atom is 0.134 e. The predicted octanol–water partition coefficient (Wildman–Crippen LogP) is 13.3. The Balaban J connectivity index is 1.43. The van der Waals surface area contributed by atoms with Crippen molar-refractivity contribution in [3.63, 3.8) is 0 Å². The van der Waals surface area contributed by atoms with Crippen molar-refractivity contribution < 1.29 is 10.2 Å². The lowest BCUT2D eigenvalue weighted by Crippen LogP contribution is -2.14. The number of fused-ring (bicyclic) bond motifs is 15. The Morgan fingerprint density at radius 1 is 0.526 bits per heavy atom. The molecule has 1 aliphatic carbocycles. The first kappa shape index (κ1) is 34.8. The van der Waals surface area contributed by atoms with Crippen molar-refractivity contribution in [2.45, 2.75) is 53.4 Å². The fraction of sp³-hybridized carbons (Fsp3) is 0.176. The van der Waals surface area contributed by atoms with Crippen molar-refractivity contribution >= 4 is 82.5 Å². The van der Waals surface area contributed by atoms with Crippen LogP contribution in [-0.2, 0) is 11.8 Å². The molecule has 9 aromatic rings. The Bertz CT molecular complexity index is 3310. The summed E-state index contributed by atoms with van der Waals surface area (Å²) in [6.07, 6.45) is 2.70. The van der Waals surface area contributed by atoms with Crippen molar-refractivity contribution in [1.82, 2.24) is 19.9 Å². The predicted molar refractivity (Wildman–Crippen MR) is 238 cm³/mol. The number of rotatable bonds is 1. The number of aromatic amines is 2. The molecule has 0 unspecified atom stereocenters. The molecule has 0 spiro atoms. The van der Waals surface area contributed by atoms with E-state index in [-0.39, 0.29) is 22.3 Å². The van der Waals surface area contributed by atoms with Crippen LogP contribution in [0.2, 0.25) is 0 Å². The average molecular weight is 745 g/mol. The van der Waals surface area contributed by atoms with E-state index in [4.69, 9.17) is 9.97 Å². The molecular formula is C51H44N4O2. The van der Waals surface area contributed by atoms with Gasteiger partial charge in [-0.15, -0.1) is 0 Å². The molecule has 0 saturated heterocycles. The molecule has 0 atom stereocenters. The van der Waals surface area contributed by atoms with E-state index in [2.05, 4.69) is 155 Å². The van der Waals surface area contributed by atoms with E-state index in [1.54, 1.807) is 0 Å². The van der Waals surface area contributed by atoms with Crippen molar-refractivity contribution in [1.29, 1.82) is 0 Å². The fourth-order valence-electron chi connectivity index (χ4n) is 8.38. The molecule has 0 fully saturated rings. The van der Waals surface area contributed by atoms with Crippen LogP contribution in [-0.4, -0.2) is 30.1 Å². The Morgan fingerprint density at radius 3 is 1.81 bits per heavy atom. The molecule has 12 bridgehead atoms. The second-order valence-electron chi connectivity index (χ2n) is 17.6. The van der Waals surface area contributed by atoms with E-state index in [9.17, 15) is 10.2 Å². The van der Waals surface area contributed by atoms with E-state index in [1.807, 2.05) is 18.2 Å². The topological polar surface area (TPSA) is 97.8 Å². The summed E-state index contributed by atoms with van der Waals surface area (Å²) in [6, 6.07) is 39.6. The third-order valence-electron chi connectivity index (χ3n) is 11.8. The molecule has 6 heteroatoms. The number of aromatic hydroxyl groups is 2. The van der Waals surface area contributed by atoms with E-state index >= 15 is 0 Å². The van der Waals surface area contributed by atoms with Gasteiger partial charge in [0.25, 0.3) is 0 Å². The minimum atomic E-state index is -0.212. The monoisotopic (exact) mass is 744 g/mol. The summed E-state index contributed by atoms with van der Waals surface area (Å²) in [6.45, 7) is 13.2. The molecular weight excluding hydrogens is 701 g/mol. The summed E-state index contributed by atoms with van der Waals surface area (Å²) in [5, 5.41) is 30.1. The van der Waals surface area contributed by atoms with Crippen LogP contribution in [0.5, 0.6) is 11.5 Å². The highest BCUT2D eigenvalue weighted by atomic mass is 16.3. The Labute approximate surface area is 330 Å². The highest BCUT2D eigenvalue weighted by Crippen LogP contribution is 2.43. The van der Waals surface area contributed by atoms with Crippen molar-refractivity contribution in [3.05, 3.63) is 138 Å². The number of H-pyrrole nitrogens is 2. The first-order valence-corrected chi connectivity index (χ1v) is 19.6. The Kier molecular flexibility index (Phi) is 7.58. The summed E-state index contributed by atoms with van der Waals surface area (Å²) >= 11 is 0. The molecule has 57 heavy (non-hydrogen) atoms. The largest absolute Gasteiger partial charge is 0.507 e. The molecule has 4 N–H and O–H groups in total. The summed E-state index contributed by atoms with van der Waals surface area (Å²) in [5.41, 5.74) is 11.6. The lowest BCUT2D eigenvalue weighted by molar-refractivity contribution is 0.456. The van der Waals surface area contributed by atoms with Gasteiger partial charge in [-0.1, -0.05) is 108 Å². The number of nitrogens with one attached hydrogen (secondary N) is 2. The maximum atomic E-state index is 12.3. The van der Waals surface area contributed by atoms with Gasteiger partial charge in [-0.25, -0.2) is 9.97 Å². The van der Waals surface area contributed by atoms with Crippen LogP contribution >= 0.6 is 0 Å². The van der Waals surface area contributed by atoms with Crippen LogP contribution in [0, 0.1) is 5.41 Å². The number of phenols is 1. The van der Waals surface area contributed by atoms with Crippen molar-refractivity contribution in [2.75, 3.05) is 0 Å². The highest BCUT2D eigenvalue weighted by molar-refractivity contribution is 6.07. The number of allylic oxidation sites excluding steroid dienone is 1. The molecule has 5 heterocycles. The van der Waals surface area contributed by atoms with Gasteiger partial charge in [0.05, 0.1) is 22.1 Å². The molecule has 0 amide bonds. The van der Waals surface area contributed by atoms with Crippen molar-refractivity contribution in [3.8, 4) is 22.6 Å². The Morgan fingerprint density at radius 2 is 1.11 bits per heavy atom. The van der Waals surface area contributed by atoms with Gasteiger partial charge in [-0.3, -0.25) is 0 Å². The number of phenolic OH excluding ortho intramolecular Hbond substituents is 1. The zero-order valence-corrected chi connectivity index (χ0v) is 33.0. The molecule has 0 radical (unpaired) electrons. The van der Waals surface area contributed by atoms with Crippen molar-refractivity contribution in [2.24, 2.45) is 5.41 Å². The van der Waals surface area contributed by atoms with E-state index < -0.39 is 0 Å². The van der Waals surface area contributed by atoms with Crippen LogP contribution in [0.3, 0.4) is 0 Å². The van der Waals surface area contributed by atoms with Gasteiger partial charge >= 0.3 is 0 Å². The van der Waals surface area contributed by atoms with Gasteiger partial charge in [0.15, 0.2) is 0 Å². The first-order chi connectivity index (χ1) is 27.3. The van der Waals surface area contributed by atoms with Crippen LogP contribution in [0.1, 0.15) is 58.2 Å². The molecule has 5 aromatic heterocycles. The molecule has 4 aromatic carbocycles. The number of hydrogen-bond donors (Lipinski definition) is 4. The third kappa shape index (κ3) is 5.78. The van der Waals surface area contributed by atoms with E-state index in [0.29, 0.717) is 28.2 Å². The summed E-state index contributed by atoms with van der Waals surface area (Å²) < 4.78 is 0. The minimum Gasteiger partial charge on any atom is -0.507 e.